The molecule has 2 aromatic rings. The summed E-state index contributed by atoms with van der Waals surface area (Å²) in [6, 6.07) is 6.94. The summed E-state index contributed by atoms with van der Waals surface area (Å²) in [6.07, 6.45) is 2.76. The van der Waals surface area contributed by atoms with Crippen molar-refractivity contribution in [3.05, 3.63) is 46.2 Å². The van der Waals surface area contributed by atoms with Crippen LogP contribution in [0.5, 0.6) is 0 Å². The molecule has 7 nitrogen and oxygen atoms in total. The van der Waals surface area contributed by atoms with Crippen LogP contribution in [0.3, 0.4) is 0 Å². The first kappa shape index (κ1) is 21.7. The van der Waals surface area contributed by atoms with Crippen LogP contribution in [0, 0.1) is 0 Å². The number of pyridine rings is 1. The quantitative estimate of drug-likeness (QED) is 0.579. The number of nitrogens with one attached hydrogen (secondary N) is 3. The minimum atomic E-state index is -0.589. The number of aromatic nitrogens is 1. The minimum Gasteiger partial charge on any atom is -0.360 e. The highest BCUT2D eigenvalue weighted by Gasteiger charge is 2.26. The van der Waals surface area contributed by atoms with Gasteiger partial charge in [-0.3, -0.25) is 14.4 Å². The van der Waals surface area contributed by atoms with Crippen molar-refractivity contribution >= 4 is 35.1 Å². The van der Waals surface area contributed by atoms with Gasteiger partial charge in [0.1, 0.15) is 5.56 Å². The number of para-hydroxylation sites is 1. The van der Waals surface area contributed by atoms with Gasteiger partial charge in [0.2, 0.25) is 11.3 Å². The molecular weight excluding hydrogens is 356 g/mol. The lowest BCUT2D eigenvalue weighted by molar-refractivity contribution is -0.122. The third-order valence-corrected chi connectivity index (χ3v) is 4.59. The molecule has 0 spiro atoms. The molecule has 0 atom stereocenters. The Morgan fingerprint density at radius 3 is 2.46 bits per heavy atom. The van der Waals surface area contributed by atoms with Gasteiger partial charge in [0, 0.05) is 23.6 Å². The van der Waals surface area contributed by atoms with Gasteiger partial charge in [-0.05, 0) is 25.0 Å². The number of aromatic amines is 1. The highest BCUT2D eigenvalue weighted by Crippen LogP contribution is 2.12. The van der Waals surface area contributed by atoms with E-state index >= 15 is 0 Å². The molecule has 8 heteroatoms. The lowest BCUT2D eigenvalue weighted by Crippen LogP contribution is -2.55. The fourth-order valence-electron chi connectivity index (χ4n) is 2.70. The van der Waals surface area contributed by atoms with Crippen LogP contribution < -0.4 is 21.8 Å². The standard InChI is InChI=1S/C18H24N4O3.ClH/c1-3-18(4-2,11-19)22-15(23)10-21-17(25)13-9-20-14-8-6-5-7-12(14)16(13)24;/h5-9H,3-4,10-11,19H2,1-2H3,(H,20,24)(H,21,25)(H,22,23);1H. The Kier molecular flexibility index (Phi) is 7.79. The summed E-state index contributed by atoms with van der Waals surface area (Å²) in [5.41, 5.74) is 5.54. The predicted molar refractivity (Wildman–Crippen MR) is 105 cm³/mol. The molecule has 1 heterocycles. The number of amides is 2. The monoisotopic (exact) mass is 380 g/mol. The first-order valence-electron chi connectivity index (χ1n) is 8.36. The van der Waals surface area contributed by atoms with Crippen LogP contribution in [-0.2, 0) is 4.79 Å². The molecule has 2 rings (SSSR count). The van der Waals surface area contributed by atoms with E-state index in [2.05, 4.69) is 15.6 Å². The van der Waals surface area contributed by atoms with E-state index < -0.39 is 11.4 Å². The molecule has 0 bridgehead atoms. The zero-order valence-corrected chi connectivity index (χ0v) is 15.7. The van der Waals surface area contributed by atoms with E-state index in [1.165, 1.54) is 6.20 Å². The van der Waals surface area contributed by atoms with Crippen LogP contribution >= 0.6 is 12.4 Å². The molecule has 0 aliphatic heterocycles. The molecule has 2 amide bonds. The van der Waals surface area contributed by atoms with Gasteiger partial charge in [0.25, 0.3) is 5.91 Å². The summed E-state index contributed by atoms with van der Waals surface area (Å²) in [7, 11) is 0. The number of hydrogen-bond acceptors (Lipinski definition) is 4. The lowest BCUT2D eigenvalue weighted by Gasteiger charge is -2.31. The van der Waals surface area contributed by atoms with Crippen LogP contribution in [0.25, 0.3) is 10.9 Å². The van der Waals surface area contributed by atoms with Crippen molar-refractivity contribution in [1.82, 2.24) is 15.6 Å². The zero-order chi connectivity index (χ0) is 18.4. The van der Waals surface area contributed by atoms with Gasteiger partial charge in [0.05, 0.1) is 12.1 Å². The Morgan fingerprint density at radius 1 is 1.19 bits per heavy atom. The molecule has 1 aromatic heterocycles. The van der Waals surface area contributed by atoms with E-state index in [1.54, 1.807) is 24.3 Å². The number of rotatable bonds is 7. The molecule has 26 heavy (non-hydrogen) atoms. The number of nitrogens with two attached hydrogens (primary N) is 1. The Morgan fingerprint density at radius 2 is 1.85 bits per heavy atom. The molecule has 0 fully saturated rings. The molecule has 0 saturated carbocycles. The van der Waals surface area contributed by atoms with Gasteiger partial charge >= 0.3 is 0 Å². The highest BCUT2D eigenvalue weighted by molar-refractivity contribution is 5.98. The summed E-state index contributed by atoms with van der Waals surface area (Å²) >= 11 is 0. The zero-order valence-electron chi connectivity index (χ0n) is 14.9. The largest absolute Gasteiger partial charge is 0.360 e. The SMILES string of the molecule is CCC(CC)(CN)NC(=O)CNC(=O)c1c[nH]c2ccccc2c1=O.Cl. The molecule has 1 aromatic carbocycles. The second-order valence-corrected chi connectivity index (χ2v) is 6.00. The molecule has 5 N–H and O–H groups in total. The Labute approximate surface area is 158 Å². The number of H-pyrrole nitrogens is 1. The number of fused-ring (bicyclic) bond motifs is 1. The van der Waals surface area contributed by atoms with Gasteiger partial charge in [-0.25, -0.2) is 0 Å². The van der Waals surface area contributed by atoms with Crippen molar-refractivity contribution in [3.63, 3.8) is 0 Å². The number of carbonyl (C=O) groups is 2. The second kappa shape index (κ2) is 9.35. The second-order valence-electron chi connectivity index (χ2n) is 6.00. The van der Waals surface area contributed by atoms with Crippen LogP contribution in [0.1, 0.15) is 37.0 Å². The Hall–Kier alpha value is -2.38. The molecule has 142 valence electrons. The highest BCUT2D eigenvalue weighted by atomic mass is 35.5. The average Bonchev–Trinajstić information content (AvgIpc) is 2.65. The van der Waals surface area contributed by atoms with Crippen molar-refractivity contribution < 1.29 is 9.59 Å². The average molecular weight is 381 g/mol. The summed E-state index contributed by atoms with van der Waals surface area (Å²) in [6.45, 7) is 4.00. The summed E-state index contributed by atoms with van der Waals surface area (Å²) in [4.78, 5) is 39.7. The van der Waals surface area contributed by atoms with E-state index in [0.717, 1.165) is 0 Å². The number of hydrogen-bond donors (Lipinski definition) is 4. The van der Waals surface area contributed by atoms with E-state index in [1.807, 2.05) is 13.8 Å². The fraction of sp³-hybridized carbons (Fsp3) is 0.389. The molecule has 0 aliphatic rings. The topological polar surface area (TPSA) is 117 Å². The van der Waals surface area contributed by atoms with Gasteiger partial charge in [-0.1, -0.05) is 26.0 Å². The van der Waals surface area contributed by atoms with E-state index in [9.17, 15) is 14.4 Å². The molecule has 0 radical (unpaired) electrons. The van der Waals surface area contributed by atoms with Crippen LogP contribution in [0.15, 0.2) is 35.3 Å². The predicted octanol–water partition coefficient (Wildman–Crippen LogP) is 1.31. The number of halogens is 1. The summed E-state index contributed by atoms with van der Waals surface area (Å²) < 4.78 is 0. The van der Waals surface area contributed by atoms with Crippen molar-refractivity contribution in [1.29, 1.82) is 0 Å². The van der Waals surface area contributed by atoms with Gasteiger partial charge in [-0.2, -0.15) is 0 Å². The fourth-order valence-corrected chi connectivity index (χ4v) is 2.70. The smallest absolute Gasteiger partial charge is 0.257 e. The maximum absolute atomic E-state index is 12.4. The molecule has 0 unspecified atom stereocenters. The first-order valence-corrected chi connectivity index (χ1v) is 8.36. The summed E-state index contributed by atoms with van der Waals surface area (Å²) in [5.74, 6) is -0.923. The maximum atomic E-state index is 12.4. The molecule has 0 aliphatic carbocycles. The van der Waals surface area contributed by atoms with Gasteiger partial charge in [0.15, 0.2) is 0 Å². The third-order valence-electron chi connectivity index (χ3n) is 4.59. The molecular formula is C18H25ClN4O3. The first-order chi connectivity index (χ1) is 12.0. The van der Waals surface area contributed by atoms with E-state index in [-0.39, 0.29) is 35.9 Å². The Balaban J connectivity index is 0.00000338. The number of carbonyl (C=O) groups excluding carboxylic acids is 2. The third kappa shape index (κ3) is 4.62. The van der Waals surface area contributed by atoms with Crippen molar-refractivity contribution in [2.24, 2.45) is 5.73 Å². The van der Waals surface area contributed by atoms with E-state index in [4.69, 9.17) is 5.73 Å². The molecule has 0 saturated heterocycles. The lowest BCUT2D eigenvalue weighted by atomic mass is 9.93. The van der Waals surface area contributed by atoms with Gasteiger partial charge in [-0.15, -0.1) is 12.4 Å². The van der Waals surface area contributed by atoms with E-state index in [0.29, 0.717) is 30.3 Å². The van der Waals surface area contributed by atoms with Gasteiger partial charge < -0.3 is 21.4 Å². The van der Waals surface area contributed by atoms with Crippen molar-refractivity contribution in [3.8, 4) is 0 Å². The van der Waals surface area contributed by atoms with Crippen LogP contribution in [0.2, 0.25) is 0 Å². The van der Waals surface area contributed by atoms with Crippen LogP contribution in [0.4, 0.5) is 0 Å². The summed E-state index contributed by atoms with van der Waals surface area (Å²) in [5, 5.41) is 5.78. The van der Waals surface area contributed by atoms with Crippen LogP contribution in [-0.4, -0.2) is 35.4 Å². The number of benzene rings is 1. The maximum Gasteiger partial charge on any atom is 0.257 e. The van der Waals surface area contributed by atoms with Crippen molar-refractivity contribution in [2.45, 2.75) is 32.2 Å². The van der Waals surface area contributed by atoms with Crippen molar-refractivity contribution in [2.75, 3.05) is 13.1 Å². The Bertz CT molecular complexity index is 822. The normalized spacial score (nSPS) is 10.9. The minimum absolute atomic E-state index is 0.